The van der Waals surface area contributed by atoms with E-state index >= 15 is 4.39 Å². The Hall–Kier alpha value is -2.87. The number of pyridine rings is 1. The summed E-state index contributed by atoms with van der Waals surface area (Å²) in [6, 6.07) is 8.79. The van der Waals surface area contributed by atoms with E-state index in [0.29, 0.717) is 35.3 Å². The van der Waals surface area contributed by atoms with E-state index in [1.165, 1.54) is 43.6 Å². The summed E-state index contributed by atoms with van der Waals surface area (Å²) in [6.07, 6.45) is 3.22. The number of sulfone groups is 1. The molecule has 34 heavy (non-hydrogen) atoms. The summed E-state index contributed by atoms with van der Waals surface area (Å²) in [5.74, 6) is 0.882. The van der Waals surface area contributed by atoms with Crippen molar-refractivity contribution in [1.82, 2.24) is 4.57 Å². The Labute approximate surface area is 199 Å². The average Bonchev–Trinajstić information content (AvgIpc) is 2.80. The molecule has 0 bridgehead atoms. The van der Waals surface area contributed by atoms with Gasteiger partial charge in [0.15, 0.2) is 0 Å². The largest absolute Gasteiger partial charge is 0.497 e. The third kappa shape index (κ3) is 4.43. The predicted octanol–water partition coefficient (Wildman–Crippen LogP) is 4.87. The molecular formula is C26H31FN2O4S. The smallest absolute Gasteiger partial charge is 0.211 e. The van der Waals surface area contributed by atoms with Gasteiger partial charge in [0.25, 0.3) is 0 Å². The van der Waals surface area contributed by atoms with Crippen molar-refractivity contribution >= 4 is 26.4 Å². The van der Waals surface area contributed by atoms with Gasteiger partial charge in [-0.3, -0.25) is 4.79 Å². The second-order valence-electron chi connectivity index (χ2n) is 9.37. The van der Waals surface area contributed by atoms with Crippen molar-refractivity contribution in [3.63, 3.8) is 0 Å². The van der Waals surface area contributed by atoms with Crippen LogP contribution in [0.2, 0.25) is 0 Å². The van der Waals surface area contributed by atoms with Crippen LogP contribution in [-0.2, 0) is 16.4 Å². The molecule has 0 amide bonds. The zero-order chi connectivity index (χ0) is 24.6. The summed E-state index contributed by atoms with van der Waals surface area (Å²) in [6.45, 7) is 8.28. The molecule has 2 heterocycles. The fourth-order valence-electron chi connectivity index (χ4n) is 4.97. The molecule has 2 atom stereocenters. The van der Waals surface area contributed by atoms with Crippen LogP contribution in [0, 0.1) is 17.7 Å². The van der Waals surface area contributed by atoms with E-state index in [2.05, 4.69) is 13.8 Å². The number of ether oxygens (including phenoxy) is 1. The van der Waals surface area contributed by atoms with Crippen LogP contribution < -0.4 is 15.1 Å². The predicted molar refractivity (Wildman–Crippen MR) is 132 cm³/mol. The highest BCUT2D eigenvalue weighted by molar-refractivity contribution is 7.91. The molecule has 0 N–H and O–H groups in total. The van der Waals surface area contributed by atoms with Crippen molar-refractivity contribution in [2.45, 2.75) is 49.9 Å². The number of methoxy groups -OCH3 is 1. The van der Waals surface area contributed by atoms with Gasteiger partial charge in [-0.25, -0.2) is 12.8 Å². The van der Waals surface area contributed by atoms with Gasteiger partial charge in [0.2, 0.25) is 15.3 Å². The maximum atomic E-state index is 15.3. The van der Waals surface area contributed by atoms with Crippen molar-refractivity contribution in [2.75, 3.05) is 25.1 Å². The number of fused-ring (bicyclic) bond motifs is 1. The fourth-order valence-corrected chi connectivity index (χ4v) is 6.34. The van der Waals surface area contributed by atoms with E-state index in [9.17, 15) is 13.2 Å². The summed E-state index contributed by atoms with van der Waals surface area (Å²) in [5, 5.41) is 0.0717. The topological polar surface area (TPSA) is 68.6 Å². The van der Waals surface area contributed by atoms with E-state index in [0.717, 1.165) is 25.9 Å². The molecule has 0 unspecified atom stereocenters. The van der Waals surface area contributed by atoms with Gasteiger partial charge in [0.1, 0.15) is 16.5 Å². The van der Waals surface area contributed by atoms with E-state index in [1.54, 1.807) is 10.6 Å². The van der Waals surface area contributed by atoms with Gasteiger partial charge in [-0.05, 0) is 61.1 Å². The zero-order valence-corrected chi connectivity index (χ0v) is 20.9. The summed E-state index contributed by atoms with van der Waals surface area (Å²) in [5.41, 5.74) is 0.313. The molecule has 0 aliphatic carbocycles. The Morgan fingerprint density at radius 3 is 2.32 bits per heavy atom. The summed E-state index contributed by atoms with van der Waals surface area (Å²) in [7, 11) is -2.62. The molecule has 1 aliphatic rings. The van der Waals surface area contributed by atoms with Crippen LogP contribution in [0.15, 0.2) is 57.2 Å². The van der Waals surface area contributed by atoms with Crippen molar-refractivity contribution in [3.05, 3.63) is 58.6 Å². The van der Waals surface area contributed by atoms with Crippen LogP contribution in [-0.4, -0.2) is 33.2 Å². The lowest BCUT2D eigenvalue weighted by molar-refractivity contribution is 0.354. The minimum Gasteiger partial charge on any atom is -0.497 e. The third-order valence-corrected chi connectivity index (χ3v) is 8.21. The lowest BCUT2D eigenvalue weighted by atomic mass is 9.91. The van der Waals surface area contributed by atoms with Crippen LogP contribution in [0.25, 0.3) is 10.9 Å². The number of halogens is 1. The quantitative estimate of drug-likeness (QED) is 0.497. The molecule has 1 saturated heterocycles. The van der Waals surface area contributed by atoms with Crippen molar-refractivity contribution in [1.29, 1.82) is 0 Å². The monoisotopic (exact) mass is 486 g/mol. The average molecular weight is 487 g/mol. The molecule has 8 heteroatoms. The lowest BCUT2D eigenvalue weighted by Crippen LogP contribution is -2.39. The van der Waals surface area contributed by atoms with Crippen LogP contribution in [0.5, 0.6) is 5.75 Å². The zero-order valence-electron chi connectivity index (χ0n) is 20.0. The van der Waals surface area contributed by atoms with Crippen LogP contribution in [0.3, 0.4) is 0 Å². The number of anilines is 1. The van der Waals surface area contributed by atoms with E-state index in [-0.39, 0.29) is 15.2 Å². The van der Waals surface area contributed by atoms with E-state index in [1.807, 2.05) is 11.8 Å². The van der Waals surface area contributed by atoms with Crippen molar-refractivity contribution < 1.29 is 17.5 Å². The first-order chi connectivity index (χ1) is 16.1. The standard InChI is InChI=1S/C26H31FN2O4S/c1-5-10-28-16-25(34(31,32)20-8-6-19(33-4)7-9-20)26(30)21-12-22(27)24(13-23(21)28)29-14-17(2)11-18(3)15-29/h6-9,12-13,16-18H,5,10-11,14-15H2,1-4H3/t17-,18+. The second kappa shape index (κ2) is 9.41. The second-order valence-corrected chi connectivity index (χ2v) is 11.3. The summed E-state index contributed by atoms with van der Waals surface area (Å²) < 4.78 is 48.9. The Kier molecular flexibility index (Phi) is 6.71. The highest BCUT2D eigenvalue weighted by atomic mass is 32.2. The van der Waals surface area contributed by atoms with Gasteiger partial charge in [0, 0.05) is 25.8 Å². The Morgan fingerprint density at radius 1 is 1.09 bits per heavy atom. The molecule has 2 aromatic carbocycles. The van der Waals surface area contributed by atoms with Gasteiger partial charge in [-0.15, -0.1) is 0 Å². The van der Waals surface area contributed by atoms with Crippen LogP contribution >= 0.6 is 0 Å². The molecule has 6 nitrogen and oxygen atoms in total. The molecular weight excluding hydrogens is 455 g/mol. The SMILES string of the molecule is CCCn1cc(S(=O)(=O)c2ccc(OC)cc2)c(=O)c2cc(F)c(N3C[C@H](C)C[C@H](C)C3)cc21. The number of rotatable bonds is 6. The van der Waals surface area contributed by atoms with Gasteiger partial charge >= 0.3 is 0 Å². The summed E-state index contributed by atoms with van der Waals surface area (Å²) >= 11 is 0. The van der Waals surface area contributed by atoms with E-state index in [4.69, 9.17) is 4.74 Å². The van der Waals surface area contributed by atoms with Crippen molar-refractivity contribution in [2.24, 2.45) is 11.8 Å². The van der Waals surface area contributed by atoms with Crippen LogP contribution in [0.1, 0.15) is 33.6 Å². The maximum absolute atomic E-state index is 15.3. The van der Waals surface area contributed by atoms with Gasteiger partial charge in [0.05, 0.1) is 28.6 Å². The number of aryl methyl sites for hydroxylation is 1. The number of nitrogens with zero attached hydrogens (tertiary/aromatic N) is 2. The Bertz CT molecular complexity index is 1360. The highest BCUT2D eigenvalue weighted by Crippen LogP contribution is 2.32. The minimum atomic E-state index is -4.11. The first-order valence-corrected chi connectivity index (χ1v) is 13.1. The molecule has 1 aliphatic heterocycles. The number of hydrogen-bond donors (Lipinski definition) is 0. The summed E-state index contributed by atoms with van der Waals surface area (Å²) in [4.78, 5) is 15.0. The molecule has 0 saturated carbocycles. The van der Waals surface area contributed by atoms with E-state index < -0.39 is 21.1 Å². The number of benzene rings is 2. The normalized spacial score (nSPS) is 18.9. The lowest BCUT2D eigenvalue weighted by Gasteiger charge is -2.37. The molecule has 4 rings (SSSR count). The van der Waals surface area contributed by atoms with Gasteiger partial charge in [-0.2, -0.15) is 0 Å². The molecule has 1 fully saturated rings. The third-order valence-electron chi connectivity index (χ3n) is 6.45. The minimum absolute atomic E-state index is 0.0128. The van der Waals surface area contributed by atoms with Crippen LogP contribution in [0.4, 0.5) is 10.1 Å². The number of hydrogen-bond acceptors (Lipinski definition) is 5. The van der Waals surface area contributed by atoms with Crippen molar-refractivity contribution in [3.8, 4) is 5.75 Å². The molecule has 3 aromatic rings. The Morgan fingerprint density at radius 2 is 1.74 bits per heavy atom. The Balaban J connectivity index is 1.89. The molecule has 1 aromatic heterocycles. The first kappa shape index (κ1) is 24.3. The molecule has 0 radical (unpaired) electrons. The molecule has 182 valence electrons. The maximum Gasteiger partial charge on any atom is 0.211 e. The molecule has 0 spiro atoms. The fraction of sp³-hybridized carbons (Fsp3) is 0.423. The highest BCUT2D eigenvalue weighted by Gasteiger charge is 2.27. The van der Waals surface area contributed by atoms with Gasteiger partial charge in [-0.1, -0.05) is 20.8 Å². The van der Waals surface area contributed by atoms with Gasteiger partial charge < -0.3 is 14.2 Å². The first-order valence-electron chi connectivity index (χ1n) is 11.7. The number of aromatic nitrogens is 1. The number of piperidine rings is 1.